The van der Waals surface area contributed by atoms with Crippen molar-refractivity contribution in [2.45, 2.75) is 20.8 Å². The predicted molar refractivity (Wildman–Crippen MR) is 48.6 cm³/mol. The number of carbonyl (C=O) groups excluding carboxylic acids is 1. The van der Waals surface area contributed by atoms with E-state index < -0.39 is 0 Å². The highest BCUT2D eigenvalue weighted by atomic mass is 16.2. The Bertz CT molecular complexity index is 120. The number of hydrogen-bond acceptors (Lipinski definition) is 2. The molecule has 0 aliphatic carbocycles. The zero-order valence-electron chi connectivity index (χ0n) is 7.68. The monoisotopic (exact) mass is 160 g/mol. The Morgan fingerprint density at radius 3 is 2.64 bits per heavy atom. The molecule has 0 bridgehead atoms. The third-order valence-electron chi connectivity index (χ3n) is 1.56. The van der Waals surface area contributed by atoms with E-state index in [4.69, 9.17) is 0 Å². The molecular weight excluding hydrogens is 140 g/mol. The van der Waals surface area contributed by atoms with E-state index >= 15 is 0 Å². The Hall–Kier alpha value is -0.570. The maximum Gasteiger partial charge on any atom is 0.234 e. The van der Waals surface area contributed by atoms with Crippen molar-refractivity contribution in [3.63, 3.8) is 0 Å². The summed E-state index contributed by atoms with van der Waals surface area (Å²) < 4.78 is 0. The number of carbonyl (C=O) groups is 1. The molecule has 0 radical (unpaired) electrons. The van der Waals surface area contributed by atoms with Crippen LogP contribution in [-0.4, -0.2) is 37.0 Å². The number of nitrogens with one attached hydrogen (secondary N) is 1. The zero-order valence-corrected chi connectivity index (χ0v) is 7.68. The van der Waals surface area contributed by atoms with Crippen LogP contribution in [0.2, 0.25) is 0 Å². The first-order chi connectivity index (χ1) is 5.33. The molecule has 1 rings (SSSR count). The minimum atomic E-state index is 0. The van der Waals surface area contributed by atoms with Gasteiger partial charge < -0.3 is 5.32 Å². The highest BCUT2D eigenvalue weighted by Gasteiger charge is 2.12. The molecule has 1 saturated heterocycles. The lowest BCUT2D eigenvalue weighted by molar-refractivity contribution is -0.124. The standard InChI is InChI=1S/C6H12N2O.C2H6.H2/c1-2-8-4-3-7-6(9)5-8;1-2;/h2-5H2,1H3,(H,7,9);1-2H3;1H. The van der Waals surface area contributed by atoms with E-state index in [0.717, 1.165) is 19.6 Å². The average Bonchev–Trinajstić information content (AvgIpc) is 2.08. The van der Waals surface area contributed by atoms with Gasteiger partial charge in [0.25, 0.3) is 0 Å². The Balaban J connectivity index is 0. The molecule has 1 heterocycles. The highest BCUT2D eigenvalue weighted by Crippen LogP contribution is 1.90. The van der Waals surface area contributed by atoms with Crippen LogP contribution in [0, 0.1) is 0 Å². The molecule has 0 aromatic heterocycles. The average molecular weight is 160 g/mol. The van der Waals surface area contributed by atoms with Crippen LogP contribution in [0.15, 0.2) is 0 Å². The number of amides is 1. The molecule has 0 atom stereocenters. The molecule has 1 amide bonds. The fraction of sp³-hybridized carbons (Fsp3) is 0.875. The van der Waals surface area contributed by atoms with Crippen LogP contribution in [0.25, 0.3) is 0 Å². The predicted octanol–water partition coefficient (Wildman–Crippen LogP) is 0.710. The summed E-state index contributed by atoms with van der Waals surface area (Å²) >= 11 is 0. The summed E-state index contributed by atoms with van der Waals surface area (Å²) in [6.07, 6.45) is 0. The summed E-state index contributed by atoms with van der Waals surface area (Å²) in [7, 11) is 0. The summed E-state index contributed by atoms with van der Waals surface area (Å²) in [5.74, 6) is 0.156. The van der Waals surface area contributed by atoms with Crippen LogP contribution in [0.5, 0.6) is 0 Å². The normalized spacial score (nSPS) is 18.3. The summed E-state index contributed by atoms with van der Waals surface area (Å²) in [4.78, 5) is 12.8. The van der Waals surface area contributed by atoms with E-state index in [1.807, 2.05) is 13.8 Å². The summed E-state index contributed by atoms with van der Waals surface area (Å²) in [6, 6.07) is 0. The molecule has 0 aromatic rings. The van der Waals surface area contributed by atoms with Gasteiger partial charge in [-0.15, -0.1) is 0 Å². The van der Waals surface area contributed by atoms with Crippen LogP contribution in [-0.2, 0) is 4.79 Å². The first-order valence-corrected chi connectivity index (χ1v) is 4.32. The quantitative estimate of drug-likeness (QED) is 0.612. The van der Waals surface area contributed by atoms with Crippen LogP contribution < -0.4 is 5.32 Å². The van der Waals surface area contributed by atoms with Crippen molar-refractivity contribution in [2.75, 3.05) is 26.2 Å². The van der Waals surface area contributed by atoms with Gasteiger partial charge in [0.05, 0.1) is 6.54 Å². The second-order valence-corrected chi connectivity index (χ2v) is 2.22. The molecule has 0 saturated carbocycles. The Morgan fingerprint density at radius 2 is 2.27 bits per heavy atom. The lowest BCUT2D eigenvalue weighted by Crippen LogP contribution is -2.47. The summed E-state index contributed by atoms with van der Waals surface area (Å²) in [5, 5.41) is 2.77. The molecule has 3 heteroatoms. The molecule has 1 aliphatic heterocycles. The van der Waals surface area contributed by atoms with E-state index in [2.05, 4.69) is 17.1 Å². The Labute approximate surface area is 70.2 Å². The highest BCUT2D eigenvalue weighted by molar-refractivity contribution is 5.78. The summed E-state index contributed by atoms with van der Waals surface area (Å²) in [6.45, 7) is 9.44. The number of likely N-dealkylation sites (N-methyl/N-ethyl adjacent to an activating group) is 1. The van der Waals surface area contributed by atoms with Crippen molar-refractivity contribution in [3.05, 3.63) is 0 Å². The van der Waals surface area contributed by atoms with Gasteiger partial charge in [-0.25, -0.2) is 0 Å². The van der Waals surface area contributed by atoms with E-state index in [1.165, 1.54) is 0 Å². The van der Waals surface area contributed by atoms with Gasteiger partial charge >= 0.3 is 0 Å². The molecule has 11 heavy (non-hydrogen) atoms. The lowest BCUT2D eigenvalue weighted by Gasteiger charge is -2.24. The molecule has 0 spiro atoms. The second-order valence-electron chi connectivity index (χ2n) is 2.22. The third kappa shape index (κ3) is 3.98. The SMILES string of the molecule is CC.CCN1CCNC(=O)C1.[HH]. The van der Waals surface area contributed by atoms with Gasteiger partial charge in [-0.1, -0.05) is 20.8 Å². The van der Waals surface area contributed by atoms with Crippen LogP contribution in [0.4, 0.5) is 0 Å². The van der Waals surface area contributed by atoms with E-state index in [9.17, 15) is 4.79 Å². The molecule has 1 N–H and O–H groups in total. The molecule has 3 nitrogen and oxygen atoms in total. The first-order valence-electron chi connectivity index (χ1n) is 4.32. The molecular formula is C8H20N2O. The van der Waals surface area contributed by atoms with E-state index in [-0.39, 0.29) is 7.33 Å². The maximum absolute atomic E-state index is 10.7. The second kappa shape index (κ2) is 6.16. The first kappa shape index (κ1) is 10.4. The smallest absolute Gasteiger partial charge is 0.234 e. The number of piperazine rings is 1. The van der Waals surface area contributed by atoms with Crippen molar-refractivity contribution >= 4 is 5.91 Å². The summed E-state index contributed by atoms with van der Waals surface area (Å²) in [5.41, 5.74) is 0. The van der Waals surface area contributed by atoms with Crippen molar-refractivity contribution < 1.29 is 6.22 Å². The topological polar surface area (TPSA) is 32.3 Å². The fourth-order valence-electron chi connectivity index (χ4n) is 0.961. The molecule has 1 aliphatic rings. The van der Waals surface area contributed by atoms with Gasteiger partial charge in [0.1, 0.15) is 0 Å². The van der Waals surface area contributed by atoms with Crippen LogP contribution in [0.1, 0.15) is 22.2 Å². The van der Waals surface area contributed by atoms with Gasteiger partial charge in [0, 0.05) is 14.5 Å². The minimum absolute atomic E-state index is 0. The number of rotatable bonds is 1. The Kier molecular flexibility index (Phi) is 5.84. The number of hydrogen-bond donors (Lipinski definition) is 1. The van der Waals surface area contributed by atoms with Gasteiger partial charge in [0.15, 0.2) is 0 Å². The van der Waals surface area contributed by atoms with Gasteiger partial charge in [0.2, 0.25) is 5.91 Å². The maximum atomic E-state index is 10.7. The van der Waals surface area contributed by atoms with Gasteiger partial charge in [-0.3, -0.25) is 9.69 Å². The van der Waals surface area contributed by atoms with Crippen LogP contribution >= 0.6 is 0 Å². The molecule has 68 valence electrons. The van der Waals surface area contributed by atoms with E-state index in [1.54, 1.807) is 0 Å². The zero-order chi connectivity index (χ0) is 8.69. The molecule has 1 fully saturated rings. The van der Waals surface area contributed by atoms with Gasteiger partial charge in [-0.05, 0) is 6.54 Å². The Morgan fingerprint density at radius 1 is 1.64 bits per heavy atom. The van der Waals surface area contributed by atoms with Gasteiger partial charge in [-0.2, -0.15) is 0 Å². The largest absolute Gasteiger partial charge is 0.354 e. The minimum Gasteiger partial charge on any atom is -0.354 e. The van der Waals surface area contributed by atoms with Crippen molar-refractivity contribution in [1.82, 2.24) is 10.2 Å². The molecule has 0 aromatic carbocycles. The lowest BCUT2D eigenvalue weighted by atomic mass is 10.3. The fourth-order valence-corrected chi connectivity index (χ4v) is 0.961. The number of nitrogens with zero attached hydrogens (tertiary/aromatic N) is 1. The van der Waals surface area contributed by atoms with Crippen LogP contribution in [0.3, 0.4) is 0 Å². The van der Waals surface area contributed by atoms with E-state index in [0.29, 0.717) is 6.54 Å². The third-order valence-corrected chi connectivity index (χ3v) is 1.56. The van der Waals surface area contributed by atoms with Crippen molar-refractivity contribution in [3.8, 4) is 0 Å². The van der Waals surface area contributed by atoms with Crippen molar-refractivity contribution in [2.24, 2.45) is 0 Å². The van der Waals surface area contributed by atoms with Crippen molar-refractivity contribution in [1.29, 1.82) is 0 Å². The molecule has 0 unspecified atom stereocenters.